The van der Waals surface area contributed by atoms with Crippen LogP contribution in [-0.2, 0) is 11.2 Å². The smallest absolute Gasteiger partial charge is 0.203 e. The van der Waals surface area contributed by atoms with E-state index in [1.54, 1.807) is 51.7 Å². The van der Waals surface area contributed by atoms with E-state index in [0.717, 1.165) is 24.8 Å². The summed E-state index contributed by atoms with van der Waals surface area (Å²) < 4.78 is 17.2. The van der Waals surface area contributed by atoms with E-state index in [1.165, 1.54) is 11.1 Å². The van der Waals surface area contributed by atoms with Crippen molar-refractivity contribution >= 4 is 17.3 Å². The molecule has 8 nitrogen and oxygen atoms in total. The van der Waals surface area contributed by atoms with Gasteiger partial charge in [-0.2, -0.15) is 0 Å². The topological polar surface area (TPSA) is 102 Å². The van der Waals surface area contributed by atoms with Crippen LogP contribution in [0, 0.1) is 22.7 Å². The average Bonchev–Trinajstić information content (AvgIpc) is 3.59. The molecule has 5 aliphatic rings. The summed E-state index contributed by atoms with van der Waals surface area (Å²) in [7, 11) is 6.53. The second-order valence-corrected chi connectivity index (χ2v) is 14.6. The molecule has 1 N–H and O–H groups in total. The maximum atomic E-state index is 15.8. The molecule has 47 heavy (non-hydrogen) atoms. The number of carbonyl (C=O) groups excluding carboxylic acids is 3. The summed E-state index contributed by atoms with van der Waals surface area (Å²) in [6, 6.07) is 16.5. The molecule has 3 fully saturated rings. The monoisotopic (exact) mass is 635 g/mol. The Kier molecular flexibility index (Phi) is 6.53. The minimum atomic E-state index is -1.66. The standard InChI is InChI=1S/C39H41NO7/c1-37-15-14-25-24-13-11-23(41)16-21(24)10-12-26(25)29(37)19-38(36(37)44)30(22-17-31(45-3)33(47-5)32(18-22)46-4)20-40(2)39(38)34(42)27-8-6-7-9-28(27)35(39)43/h6-9,11,13,16-18,25-26,29-30,41H,10,12,14-15,19-20H2,1-5H3/t25-,26-,29+,30-,37+,38-/m1/s1. The highest BCUT2D eigenvalue weighted by atomic mass is 16.5. The first-order valence-corrected chi connectivity index (χ1v) is 16.6. The van der Waals surface area contributed by atoms with Crippen molar-refractivity contribution < 1.29 is 33.7 Å². The second kappa shape index (κ2) is 10.2. The molecule has 8 heteroatoms. The van der Waals surface area contributed by atoms with Crippen LogP contribution in [0.25, 0.3) is 0 Å². The van der Waals surface area contributed by atoms with Crippen molar-refractivity contribution in [2.45, 2.75) is 56.4 Å². The number of rotatable bonds is 4. The number of methoxy groups -OCH3 is 3. The van der Waals surface area contributed by atoms with E-state index in [9.17, 15) is 14.7 Å². The third-order valence-corrected chi connectivity index (χ3v) is 13.0. The summed E-state index contributed by atoms with van der Waals surface area (Å²) in [6.07, 6.45) is 3.68. The second-order valence-electron chi connectivity index (χ2n) is 14.6. The fourth-order valence-electron chi connectivity index (χ4n) is 11.1. The van der Waals surface area contributed by atoms with Crippen LogP contribution in [0.4, 0.5) is 0 Å². The van der Waals surface area contributed by atoms with Gasteiger partial charge in [0.1, 0.15) is 11.5 Å². The van der Waals surface area contributed by atoms with Crippen molar-refractivity contribution in [2.75, 3.05) is 34.9 Å². The summed E-state index contributed by atoms with van der Waals surface area (Å²) in [4.78, 5) is 47.6. The van der Waals surface area contributed by atoms with Gasteiger partial charge in [-0.05, 0) is 97.9 Å². The first kappa shape index (κ1) is 30.2. The summed E-state index contributed by atoms with van der Waals surface area (Å²) in [6.45, 7) is 2.45. The molecule has 2 saturated carbocycles. The molecule has 1 aliphatic heterocycles. The molecule has 8 rings (SSSR count). The first-order chi connectivity index (χ1) is 22.6. The predicted octanol–water partition coefficient (Wildman–Crippen LogP) is 5.99. The molecule has 6 atom stereocenters. The van der Waals surface area contributed by atoms with Crippen LogP contribution < -0.4 is 14.2 Å². The molecule has 0 amide bonds. The number of ketones is 3. The number of ether oxygens (including phenoxy) is 3. The number of fused-ring (bicyclic) bond motifs is 7. The molecule has 0 unspecified atom stereocenters. The number of likely N-dealkylation sites (tertiary alicyclic amines) is 1. The Morgan fingerprint density at radius 1 is 0.872 bits per heavy atom. The van der Waals surface area contributed by atoms with E-state index < -0.39 is 22.3 Å². The molecule has 0 aromatic heterocycles. The number of carbonyl (C=O) groups is 3. The Balaban J connectivity index is 1.35. The van der Waals surface area contributed by atoms with Crippen LogP contribution in [0.15, 0.2) is 54.6 Å². The lowest BCUT2D eigenvalue weighted by molar-refractivity contribution is -0.138. The van der Waals surface area contributed by atoms with E-state index in [1.807, 2.05) is 30.1 Å². The van der Waals surface area contributed by atoms with Gasteiger partial charge in [0.2, 0.25) is 5.75 Å². The maximum Gasteiger partial charge on any atom is 0.203 e. The fraction of sp³-hybridized carbons (Fsp3) is 0.462. The summed E-state index contributed by atoms with van der Waals surface area (Å²) >= 11 is 0. The molecule has 2 spiro atoms. The van der Waals surface area contributed by atoms with Gasteiger partial charge in [-0.15, -0.1) is 0 Å². The number of Topliss-reactive ketones (excluding diaryl/α,β-unsaturated/α-hetero) is 3. The van der Waals surface area contributed by atoms with Gasteiger partial charge < -0.3 is 19.3 Å². The van der Waals surface area contributed by atoms with Crippen molar-refractivity contribution in [3.63, 3.8) is 0 Å². The Bertz CT molecular complexity index is 1810. The Morgan fingerprint density at radius 2 is 1.53 bits per heavy atom. The predicted molar refractivity (Wildman–Crippen MR) is 175 cm³/mol. The highest BCUT2D eigenvalue weighted by molar-refractivity contribution is 6.35. The number of likely N-dealkylation sites (N-methyl/N-ethyl adjacent to an activating group) is 1. The molecule has 244 valence electrons. The number of phenols is 1. The normalized spacial score (nSPS) is 31.9. The number of aromatic hydroxyl groups is 1. The van der Waals surface area contributed by atoms with Crippen molar-refractivity contribution in [2.24, 2.45) is 22.7 Å². The van der Waals surface area contributed by atoms with Gasteiger partial charge in [0.05, 0.1) is 26.7 Å². The van der Waals surface area contributed by atoms with Gasteiger partial charge in [-0.3, -0.25) is 19.3 Å². The molecule has 0 radical (unpaired) electrons. The Labute approximate surface area is 275 Å². The van der Waals surface area contributed by atoms with Gasteiger partial charge in [-0.25, -0.2) is 0 Å². The van der Waals surface area contributed by atoms with Crippen LogP contribution in [-0.4, -0.2) is 67.8 Å². The Morgan fingerprint density at radius 3 is 2.15 bits per heavy atom. The number of aryl methyl sites for hydroxylation is 1. The maximum absolute atomic E-state index is 15.8. The van der Waals surface area contributed by atoms with E-state index >= 15 is 4.79 Å². The Hall–Kier alpha value is -4.17. The fourth-order valence-corrected chi connectivity index (χ4v) is 11.1. The number of hydrogen-bond acceptors (Lipinski definition) is 8. The zero-order valence-electron chi connectivity index (χ0n) is 27.6. The largest absolute Gasteiger partial charge is 0.508 e. The van der Waals surface area contributed by atoms with Crippen molar-refractivity contribution in [1.82, 2.24) is 4.90 Å². The van der Waals surface area contributed by atoms with Gasteiger partial charge >= 0.3 is 0 Å². The lowest BCUT2D eigenvalue weighted by Gasteiger charge is -2.48. The minimum Gasteiger partial charge on any atom is -0.508 e. The number of nitrogens with zero attached hydrogens (tertiary/aromatic N) is 1. The quantitative estimate of drug-likeness (QED) is 0.349. The van der Waals surface area contributed by atoms with E-state index in [2.05, 4.69) is 13.0 Å². The van der Waals surface area contributed by atoms with Crippen molar-refractivity contribution in [3.8, 4) is 23.0 Å². The van der Waals surface area contributed by atoms with Crippen LogP contribution in [0.1, 0.15) is 81.8 Å². The van der Waals surface area contributed by atoms with Crippen LogP contribution >= 0.6 is 0 Å². The third kappa shape index (κ3) is 3.54. The van der Waals surface area contributed by atoms with E-state index in [4.69, 9.17) is 14.2 Å². The first-order valence-electron chi connectivity index (χ1n) is 16.6. The molecular formula is C39H41NO7. The zero-order valence-corrected chi connectivity index (χ0v) is 27.6. The number of phenolic OH excluding ortho intramolecular Hbond substituents is 1. The van der Waals surface area contributed by atoms with Crippen LogP contribution in [0.2, 0.25) is 0 Å². The van der Waals surface area contributed by atoms with E-state index in [-0.39, 0.29) is 40.9 Å². The third-order valence-electron chi connectivity index (χ3n) is 13.0. The zero-order chi connectivity index (χ0) is 33.0. The van der Waals surface area contributed by atoms with Crippen molar-refractivity contribution in [1.29, 1.82) is 0 Å². The number of hydrogen-bond donors (Lipinski definition) is 1. The minimum absolute atomic E-state index is 0.0204. The van der Waals surface area contributed by atoms with Crippen LogP contribution in [0.5, 0.6) is 23.0 Å². The number of benzene rings is 3. The van der Waals surface area contributed by atoms with Gasteiger partial charge in [-0.1, -0.05) is 37.3 Å². The molecule has 3 aromatic carbocycles. The van der Waals surface area contributed by atoms with Gasteiger partial charge in [0.15, 0.2) is 28.6 Å². The molecule has 4 aliphatic carbocycles. The van der Waals surface area contributed by atoms with Gasteiger partial charge in [0, 0.05) is 29.0 Å². The summed E-state index contributed by atoms with van der Waals surface area (Å²) in [5.41, 5.74) is 0.333. The highest BCUT2D eigenvalue weighted by Crippen LogP contribution is 2.73. The SMILES string of the molecule is COc1cc([C@H]2CN(C)C3(C(=O)c4ccccc4C3=O)[C@]23C[C@H]2[C@@H]4CCc5cc(O)ccc5[C@H]4CC[C@]2(C)C3=O)cc(OC)c1OC. The van der Waals surface area contributed by atoms with Crippen LogP contribution in [0.3, 0.4) is 0 Å². The molecule has 0 bridgehead atoms. The van der Waals surface area contributed by atoms with Gasteiger partial charge in [0.25, 0.3) is 0 Å². The van der Waals surface area contributed by atoms with Crippen molar-refractivity contribution in [3.05, 3.63) is 82.4 Å². The molecule has 3 aromatic rings. The molecular weight excluding hydrogens is 594 g/mol. The summed E-state index contributed by atoms with van der Waals surface area (Å²) in [5.74, 6) is 1.11. The average molecular weight is 636 g/mol. The lowest BCUT2D eigenvalue weighted by atomic mass is 9.55. The summed E-state index contributed by atoms with van der Waals surface area (Å²) in [5, 5.41) is 10.2. The highest BCUT2D eigenvalue weighted by Gasteiger charge is 2.81. The lowest BCUT2D eigenvalue weighted by Crippen LogP contribution is -2.63. The molecule has 1 saturated heterocycles. The van der Waals surface area contributed by atoms with E-state index in [0.29, 0.717) is 47.8 Å². The molecule has 1 heterocycles.